The molecule has 0 radical (unpaired) electrons. The second kappa shape index (κ2) is 3.22. The predicted molar refractivity (Wildman–Crippen MR) is 64.3 cm³/mol. The number of hydrogen-bond donors (Lipinski definition) is 1. The van der Waals surface area contributed by atoms with Crippen LogP contribution < -0.4 is 0 Å². The first-order valence-electron chi connectivity index (χ1n) is 5.67. The van der Waals surface area contributed by atoms with Crippen molar-refractivity contribution in [3.63, 3.8) is 0 Å². The summed E-state index contributed by atoms with van der Waals surface area (Å²) < 4.78 is 0. The van der Waals surface area contributed by atoms with Gasteiger partial charge >= 0.3 is 0 Å². The number of hydrogen-bond acceptors (Lipinski definition) is 1. The smallest absolute Gasteiger partial charge is 0.110 e. The quantitative estimate of drug-likeness (QED) is 0.446. The number of rotatable bonds is 0. The van der Waals surface area contributed by atoms with Crippen LogP contribution in [0.5, 0.6) is 0 Å². The Balaban J connectivity index is 2.08. The van der Waals surface area contributed by atoms with Crippen LogP contribution in [0.4, 0.5) is 0 Å². The Kier molecular flexibility index (Phi) is 2.46. The summed E-state index contributed by atoms with van der Waals surface area (Å²) in [5, 5.41) is 1.12. The lowest BCUT2D eigenvalue weighted by Gasteiger charge is -2.42. The molecule has 0 aromatic rings. The fourth-order valence-corrected chi connectivity index (χ4v) is 3.85. The van der Waals surface area contributed by atoms with Crippen LogP contribution in [0.2, 0.25) is 5.31 Å². The first-order valence-corrected chi connectivity index (χ1v) is 6.19. The molecule has 0 saturated heterocycles. The van der Waals surface area contributed by atoms with E-state index < -0.39 is 0 Å². The van der Waals surface area contributed by atoms with Crippen molar-refractivity contribution < 1.29 is 0 Å². The van der Waals surface area contributed by atoms with Gasteiger partial charge in [0.1, 0.15) is 7.85 Å². The Morgan fingerprint density at radius 3 is 2.54 bits per heavy atom. The van der Waals surface area contributed by atoms with Gasteiger partial charge in [-0.3, -0.25) is 0 Å². The van der Waals surface area contributed by atoms with Gasteiger partial charge in [-0.1, -0.05) is 20.3 Å². The van der Waals surface area contributed by atoms with E-state index in [1.165, 1.54) is 25.7 Å². The van der Waals surface area contributed by atoms with Gasteiger partial charge in [-0.25, -0.2) is 0 Å². The van der Waals surface area contributed by atoms with Gasteiger partial charge in [-0.2, -0.15) is 12.6 Å². The summed E-state index contributed by atoms with van der Waals surface area (Å²) in [5.41, 5.74) is 0. The molecule has 5 atom stereocenters. The third-order valence-corrected chi connectivity index (χ3v) is 5.20. The molecule has 0 heterocycles. The van der Waals surface area contributed by atoms with Crippen LogP contribution in [0.15, 0.2) is 0 Å². The van der Waals surface area contributed by atoms with E-state index in [0.29, 0.717) is 10.6 Å². The largest absolute Gasteiger partial charge is 0.176 e. The molecule has 0 N–H and O–H groups in total. The lowest BCUT2D eigenvalue weighted by Crippen LogP contribution is -2.33. The molecule has 0 aromatic heterocycles. The molecule has 0 aliphatic heterocycles. The fourth-order valence-electron chi connectivity index (χ4n) is 3.47. The van der Waals surface area contributed by atoms with Gasteiger partial charge in [-0.15, -0.1) is 0 Å². The van der Waals surface area contributed by atoms with Crippen molar-refractivity contribution in [2.45, 2.75) is 50.1 Å². The van der Waals surface area contributed by atoms with E-state index in [1.807, 2.05) is 0 Å². The lowest BCUT2D eigenvalue weighted by molar-refractivity contribution is 0.240. The van der Waals surface area contributed by atoms with Crippen molar-refractivity contribution in [3.8, 4) is 0 Å². The highest BCUT2D eigenvalue weighted by Crippen LogP contribution is 2.54. The zero-order valence-corrected chi connectivity index (χ0v) is 9.98. The molecule has 13 heavy (non-hydrogen) atoms. The molecule has 74 valence electrons. The van der Waals surface area contributed by atoms with Crippen molar-refractivity contribution in [2.24, 2.45) is 17.8 Å². The molecule has 5 unspecified atom stereocenters. The minimum atomic E-state index is 0.480. The summed E-state index contributed by atoms with van der Waals surface area (Å²) in [4.78, 5) is 0. The molecule has 0 nitrogen and oxygen atoms in total. The van der Waals surface area contributed by atoms with Gasteiger partial charge in [0.25, 0.3) is 0 Å². The Hall–Kier alpha value is 0.415. The Labute approximate surface area is 88.7 Å². The fraction of sp³-hybridized carbons (Fsp3) is 1.00. The van der Waals surface area contributed by atoms with E-state index in [1.54, 1.807) is 0 Å². The van der Waals surface area contributed by atoms with E-state index >= 15 is 0 Å². The molecule has 2 rings (SSSR count). The summed E-state index contributed by atoms with van der Waals surface area (Å²) in [5.74, 6) is 3.00. The SMILES string of the molecule is BC1(C)CC2CC(C)CC2CC1S. The third kappa shape index (κ3) is 1.79. The van der Waals surface area contributed by atoms with Crippen molar-refractivity contribution in [3.05, 3.63) is 0 Å². The monoisotopic (exact) mass is 196 g/mol. The molecule has 0 amide bonds. The number of thiol groups is 1. The maximum Gasteiger partial charge on any atom is 0.110 e. The lowest BCUT2D eigenvalue weighted by atomic mass is 9.57. The summed E-state index contributed by atoms with van der Waals surface area (Å²) in [6.45, 7) is 4.81. The highest BCUT2D eigenvalue weighted by atomic mass is 32.1. The summed E-state index contributed by atoms with van der Waals surface area (Å²) in [6, 6.07) is 0. The van der Waals surface area contributed by atoms with Crippen LogP contribution in [0.25, 0.3) is 0 Å². The van der Waals surface area contributed by atoms with Crippen LogP contribution in [-0.2, 0) is 0 Å². The third-order valence-electron chi connectivity index (χ3n) is 4.29. The molecule has 2 saturated carbocycles. The first kappa shape index (κ1) is 9.95. The first-order chi connectivity index (χ1) is 5.99. The second-order valence-electron chi connectivity index (χ2n) is 6.04. The van der Waals surface area contributed by atoms with Crippen LogP contribution in [0.1, 0.15) is 39.5 Å². The molecule has 2 aliphatic carbocycles. The van der Waals surface area contributed by atoms with E-state index in [9.17, 15) is 0 Å². The Bertz CT molecular complexity index is 202. The van der Waals surface area contributed by atoms with Gasteiger partial charge in [0, 0.05) is 5.25 Å². The minimum absolute atomic E-state index is 0.480. The van der Waals surface area contributed by atoms with Crippen molar-refractivity contribution >= 4 is 20.5 Å². The van der Waals surface area contributed by atoms with Gasteiger partial charge in [0.15, 0.2) is 0 Å². The topological polar surface area (TPSA) is 0 Å². The zero-order chi connectivity index (χ0) is 9.64. The predicted octanol–water partition coefficient (Wildman–Crippen LogP) is 2.55. The van der Waals surface area contributed by atoms with Crippen LogP contribution in [0, 0.1) is 17.8 Å². The van der Waals surface area contributed by atoms with Crippen molar-refractivity contribution in [1.82, 2.24) is 0 Å². The van der Waals surface area contributed by atoms with E-state index in [2.05, 4.69) is 21.7 Å². The highest BCUT2D eigenvalue weighted by Gasteiger charge is 2.43. The van der Waals surface area contributed by atoms with E-state index in [4.69, 9.17) is 12.6 Å². The molecule has 0 spiro atoms. The average Bonchev–Trinajstić information content (AvgIpc) is 2.29. The summed E-state index contributed by atoms with van der Waals surface area (Å²) in [7, 11) is 2.39. The molecular weight excluding hydrogens is 175 g/mol. The maximum absolute atomic E-state index is 4.75. The zero-order valence-electron chi connectivity index (χ0n) is 9.09. The van der Waals surface area contributed by atoms with Gasteiger partial charge in [0.2, 0.25) is 0 Å². The molecule has 2 fully saturated rings. The molecule has 0 bridgehead atoms. The highest BCUT2D eigenvalue weighted by molar-refractivity contribution is 7.81. The van der Waals surface area contributed by atoms with Crippen molar-refractivity contribution in [2.75, 3.05) is 0 Å². The van der Waals surface area contributed by atoms with Gasteiger partial charge in [-0.05, 0) is 42.3 Å². The molecule has 2 heteroatoms. The Morgan fingerprint density at radius 1 is 1.23 bits per heavy atom. The standard InChI is InChI=1S/C11H21BS/c1-7-3-8-5-10(13)11(2,12)6-9(8)4-7/h7-10,13H,3-6,12H2,1-2H3. The minimum Gasteiger partial charge on any atom is -0.176 e. The van der Waals surface area contributed by atoms with E-state index in [0.717, 1.165) is 17.8 Å². The molecular formula is C11H21BS. The van der Waals surface area contributed by atoms with Crippen LogP contribution in [-0.4, -0.2) is 13.1 Å². The molecule has 0 aromatic carbocycles. The van der Waals surface area contributed by atoms with Crippen LogP contribution >= 0.6 is 12.6 Å². The van der Waals surface area contributed by atoms with Crippen molar-refractivity contribution in [1.29, 1.82) is 0 Å². The second-order valence-corrected chi connectivity index (χ2v) is 6.66. The van der Waals surface area contributed by atoms with E-state index in [-0.39, 0.29) is 0 Å². The van der Waals surface area contributed by atoms with Gasteiger partial charge in [0.05, 0.1) is 0 Å². The van der Waals surface area contributed by atoms with Gasteiger partial charge < -0.3 is 0 Å². The summed E-state index contributed by atoms with van der Waals surface area (Å²) >= 11 is 4.75. The van der Waals surface area contributed by atoms with Crippen LogP contribution in [0.3, 0.4) is 0 Å². The maximum atomic E-state index is 4.75. The normalized spacial score (nSPS) is 56.2. The molecule has 2 aliphatic rings. The number of fused-ring (bicyclic) bond motifs is 1. The average molecular weight is 196 g/mol. The summed E-state index contributed by atoms with van der Waals surface area (Å²) in [6.07, 6.45) is 5.73. The Morgan fingerprint density at radius 2 is 1.85 bits per heavy atom.